The van der Waals surface area contributed by atoms with Crippen LogP contribution in [0.5, 0.6) is 0 Å². The number of hydrogen-bond acceptors (Lipinski definition) is 6. The number of aryl methyl sites for hydroxylation is 1. The lowest BCUT2D eigenvalue weighted by molar-refractivity contribution is -0.131. The van der Waals surface area contributed by atoms with Crippen molar-refractivity contribution in [2.24, 2.45) is 0 Å². The second kappa shape index (κ2) is 8.16. The molecule has 3 aromatic rings. The minimum atomic E-state index is -0.184. The van der Waals surface area contributed by atoms with Gasteiger partial charge in [-0.2, -0.15) is 10.2 Å². The van der Waals surface area contributed by atoms with E-state index in [-0.39, 0.29) is 11.5 Å². The molecule has 2 aromatic heterocycles. The molecule has 1 fully saturated rings. The lowest BCUT2D eigenvalue weighted by Crippen LogP contribution is -2.49. The summed E-state index contributed by atoms with van der Waals surface area (Å²) in [5, 5.41) is 16.3. The molecule has 1 aliphatic heterocycles. The third kappa shape index (κ3) is 3.85. The summed E-state index contributed by atoms with van der Waals surface area (Å²) in [5.74, 6) is 1.01. The zero-order valence-corrected chi connectivity index (χ0v) is 15.5. The average Bonchev–Trinajstić information content (AvgIpc) is 2.76. The van der Waals surface area contributed by atoms with Crippen molar-refractivity contribution in [2.75, 3.05) is 31.1 Å². The molecule has 8 nitrogen and oxygen atoms in total. The number of anilines is 1. The summed E-state index contributed by atoms with van der Waals surface area (Å²) < 4.78 is 0. The van der Waals surface area contributed by atoms with E-state index in [1.807, 2.05) is 35.2 Å². The van der Waals surface area contributed by atoms with Crippen LogP contribution in [0, 0.1) is 0 Å². The summed E-state index contributed by atoms with van der Waals surface area (Å²) >= 11 is 0. The standard InChI is InChI=1S/C20H22N6O2/c27-19(26-13-11-25(12-14-26)18-8-4-10-21-23-18)9-3-7-17-15-5-1-2-6-16(15)20(28)24-22-17/h1-2,4-6,8,10H,3,7,9,11-14H2,(H,24,28). The number of nitrogens with zero attached hydrogens (tertiary/aromatic N) is 5. The average molecular weight is 378 g/mol. The number of aromatic nitrogens is 4. The molecule has 1 aromatic carbocycles. The van der Waals surface area contributed by atoms with Crippen LogP contribution in [-0.2, 0) is 11.2 Å². The maximum Gasteiger partial charge on any atom is 0.272 e. The summed E-state index contributed by atoms with van der Waals surface area (Å²) in [4.78, 5) is 28.5. The lowest BCUT2D eigenvalue weighted by Gasteiger charge is -2.35. The molecule has 144 valence electrons. The summed E-state index contributed by atoms with van der Waals surface area (Å²) in [6, 6.07) is 11.2. The van der Waals surface area contributed by atoms with Crippen molar-refractivity contribution < 1.29 is 4.79 Å². The molecule has 0 atom stereocenters. The fraction of sp³-hybridized carbons (Fsp3) is 0.350. The van der Waals surface area contributed by atoms with Crippen LogP contribution in [0.4, 0.5) is 5.82 Å². The Morgan fingerprint density at radius 2 is 1.82 bits per heavy atom. The first-order valence-corrected chi connectivity index (χ1v) is 9.49. The number of rotatable bonds is 5. The molecule has 1 saturated heterocycles. The van der Waals surface area contributed by atoms with Crippen molar-refractivity contribution >= 4 is 22.5 Å². The Morgan fingerprint density at radius 3 is 2.57 bits per heavy atom. The van der Waals surface area contributed by atoms with Crippen LogP contribution >= 0.6 is 0 Å². The molecular formula is C20H22N6O2. The molecule has 1 amide bonds. The van der Waals surface area contributed by atoms with Gasteiger partial charge in [-0.05, 0) is 31.0 Å². The first-order valence-electron chi connectivity index (χ1n) is 9.49. The Bertz CT molecular complexity index is 1010. The Hall–Kier alpha value is -3.29. The van der Waals surface area contributed by atoms with Crippen LogP contribution in [0.1, 0.15) is 18.5 Å². The van der Waals surface area contributed by atoms with Crippen molar-refractivity contribution in [2.45, 2.75) is 19.3 Å². The minimum absolute atomic E-state index is 0.160. The highest BCUT2D eigenvalue weighted by Crippen LogP contribution is 2.16. The van der Waals surface area contributed by atoms with E-state index in [1.165, 1.54) is 0 Å². The van der Waals surface area contributed by atoms with Crippen LogP contribution in [0.3, 0.4) is 0 Å². The van der Waals surface area contributed by atoms with Crippen molar-refractivity contribution in [3.63, 3.8) is 0 Å². The van der Waals surface area contributed by atoms with E-state index in [0.717, 1.165) is 30.0 Å². The van der Waals surface area contributed by atoms with Crippen LogP contribution in [0.25, 0.3) is 10.8 Å². The fourth-order valence-corrected chi connectivity index (χ4v) is 3.57. The third-order valence-electron chi connectivity index (χ3n) is 5.09. The first kappa shape index (κ1) is 18.1. The van der Waals surface area contributed by atoms with Gasteiger partial charge in [0.2, 0.25) is 5.91 Å². The number of carbonyl (C=O) groups excluding carboxylic acids is 1. The molecule has 0 spiro atoms. The lowest BCUT2D eigenvalue weighted by atomic mass is 10.1. The molecular weight excluding hydrogens is 356 g/mol. The molecule has 1 N–H and O–H groups in total. The normalized spacial score (nSPS) is 14.4. The Kier molecular flexibility index (Phi) is 5.27. The van der Waals surface area contributed by atoms with Gasteiger partial charge in [0, 0.05) is 44.2 Å². The largest absolute Gasteiger partial charge is 0.352 e. The second-order valence-corrected chi connectivity index (χ2v) is 6.85. The van der Waals surface area contributed by atoms with E-state index in [9.17, 15) is 9.59 Å². The molecule has 0 aliphatic carbocycles. The van der Waals surface area contributed by atoms with Gasteiger partial charge in [0.15, 0.2) is 5.82 Å². The molecule has 0 saturated carbocycles. The Labute approximate surface area is 162 Å². The SMILES string of the molecule is O=C(CCCc1n[nH]c(=O)c2ccccc12)N1CCN(c2cccnn2)CC1. The van der Waals surface area contributed by atoms with Crippen molar-refractivity contribution in [1.29, 1.82) is 0 Å². The van der Waals surface area contributed by atoms with E-state index in [1.54, 1.807) is 12.3 Å². The van der Waals surface area contributed by atoms with Gasteiger partial charge in [-0.25, -0.2) is 5.10 Å². The summed E-state index contributed by atoms with van der Waals surface area (Å²) in [6.45, 7) is 2.90. The molecule has 4 rings (SSSR count). The molecule has 0 radical (unpaired) electrons. The number of carbonyl (C=O) groups is 1. The number of fused-ring (bicyclic) bond motifs is 1. The van der Waals surface area contributed by atoms with Crippen molar-refractivity contribution in [1.82, 2.24) is 25.3 Å². The highest BCUT2D eigenvalue weighted by Gasteiger charge is 2.21. The monoisotopic (exact) mass is 378 g/mol. The summed E-state index contributed by atoms with van der Waals surface area (Å²) in [6.07, 6.45) is 3.48. The van der Waals surface area contributed by atoms with Gasteiger partial charge >= 0.3 is 0 Å². The highest BCUT2D eigenvalue weighted by molar-refractivity contribution is 5.83. The van der Waals surface area contributed by atoms with E-state index in [2.05, 4.69) is 25.3 Å². The van der Waals surface area contributed by atoms with Gasteiger partial charge in [-0.15, -0.1) is 5.10 Å². The summed E-state index contributed by atoms with van der Waals surface area (Å²) in [5.41, 5.74) is 0.645. The van der Waals surface area contributed by atoms with E-state index >= 15 is 0 Å². The molecule has 28 heavy (non-hydrogen) atoms. The van der Waals surface area contributed by atoms with Gasteiger partial charge in [0.25, 0.3) is 5.56 Å². The van der Waals surface area contributed by atoms with Crippen molar-refractivity contribution in [3.05, 3.63) is 58.6 Å². The topological polar surface area (TPSA) is 95.1 Å². The number of piperazine rings is 1. The number of nitrogens with one attached hydrogen (secondary N) is 1. The first-order chi connectivity index (χ1) is 13.7. The third-order valence-corrected chi connectivity index (χ3v) is 5.09. The maximum absolute atomic E-state index is 12.6. The number of amides is 1. The van der Waals surface area contributed by atoms with Crippen LogP contribution in [-0.4, -0.2) is 57.4 Å². The highest BCUT2D eigenvalue weighted by atomic mass is 16.2. The van der Waals surface area contributed by atoms with E-state index in [4.69, 9.17) is 0 Å². The Balaban J connectivity index is 1.30. The number of H-pyrrole nitrogens is 1. The van der Waals surface area contributed by atoms with Gasteiger partial charge < -0.3 is 9.80 Å². The smallest absolute Gasteiger partial charge is 0.272 e. The quantitative estimate of drug-likeness (QED) is 0.721. The second-order valence-electron chi connectivity index (χ2n) is 6.85. The minimum Gasteiger partial charge on any atom is -0.352 e. The zero-order valence-electron chi connectivity index (χ0n) is 15.5. The predicted octanol–water partition coefficient (Wildman–Crippen LogP) is 1.38. The number of benzene rings is 1. The molecule has 0 bridgehead atoms. The van der Waals surface area contributed by atoms with Crippen LogP contribution in [0.2, 0.25) is 0 Å². The predicted molar refractivity (Wildman–Crippen MR) is 106 cm³/mol. The van der Waals surface area contributed by atoms with Gasteiger partial charge in [0.1, 0.15) is 0 Å². The van der Waals surface area contributed by atoms with Crippen molar-refractivity contribution in [3.8, 4) is 0 Å². The summed E-state index contributed by atoms with van der Waals surface area (Å²) in [7, 11) is 0. The fourth-order valence-electron chi connectivity index (χ4n) is 3.57. The van der Waals surface area contributed by atoms with Gasteiger partial charge in [-0.3, -0.25) is 9.59 Å². The van der Waals surface area contributed by atoms with Crippen LogP contribution < -0.4 is 10.5 Å². The van der Waals surface area contributed by atoms with Crippen LogP contribution in [0.15, 0.2) is 47.4 Å². The number of hydrogen-bond donors (Lipinski definition) is 1. The molecule has 1 aliphatic rings. The van der Waals surface area contributed by atoms with Gasteiger partial charge in [0.05, 0.1) is 11.1 Å². The van der Waals surface area contributed by atoms with E-state index in [0.29, 0.717) is 37.7 Å². The van der Waals surface area contributed by atoms with E-state index < -0.39 is 0 Å². The zero-order chi connectivity index (χ0) is 19.3. The maximum atomic E-state index is 12.6. The van der Waals surface area contributed by atoms with Gasteiger partial charge in [-0.1, -0.05) is 18.2 Å². The Morgan fingerprint density at radius 1 is 1.04 bits per heavy atom. The number of aromatic amines is 1. The molecule has 8 heteroatoms. The molecule has 0 unspecified atom stereocenters. The molecule has 3 heterocycles.